The van der Waals surface area contributed by atoms with Gasteiger partial charge in [0.25, 0.3) is 0 Å². The molecule has 2 nitrogen and oxygen atoms in total. The van der Waals surface area contributed by atoms with Gasteiger partial charge in [0.15, 0.2) is 0 Å². The topological polar surface area (TPSA) is 15.3 Å². The molecule has 106 valence electrons. The van der Waals surface area contributed by atoms with E-state index in [9.17, 15) is 0 Å². The van der Waals surface area contributed by atoms with Gasteiger partial charge in [-0.15, -0.1) is 0 Å². The van der Waals surface area contributed by atoms with Crippen molar-refractivity contribution in [2.24, 2.45) is 5.92 Å². The predicted molar refractivity (Wildman–Crippen MR) is 86.7 cm³/mol. The van der Waals surface area contributed by atoms with Crippen LogP contribution in [0, 0.1) is 5.92 Å². The number of rotatable bonds is 4. The van der Waals surface area contributed by atoms with Crippen LogP contribution in [-0.4, -0.2) is 19.1 Å². The zero-order valence-electron chi connectivity index (χ0n) is 12.2. The van der Waals surface area contributed by atoms with Gasteiger partial charge >= 0.3 is 0 Å². The minimum Gasteiger partial charge on any atom is -0.368 e. The van der Waals surface area contributed by atoms with E-state index in [2.05, 4.69) is 65.1 Å². The Morgan fingerprint density at radius 3 is 2.84 bits per heavy atom. The van der Waals surface area contributed by atoms with E-state index < -0.39 is 0 Å². The molecule has 1 heterocycles. The fourth-order valence-corrected chi connectivity index (χ4v) is 3.19. The molecule has 1 aromatic carbocycles. The average Bonchev–Trinajstić information content (AvgIpc) is 2.40. The molecule has 0 amide bonds. The normalized spacial score (nSPS) is 23.7. The lowest BCUT2D eigenvalue weighted by Crippen LogP contribution is -2.41. The van der Waals surface area contributed by atoms with E-state index in [-0.39, 0.29) is 0 Å². The van der Waals surface area contributed by atoms with E-state index in [1.807, 2.05) is 0 Å². The summed E-state index contributed by atoms with van der Waals surface area (Å²) in [4.78, 5) is 2.59. The van der Waals surface area contributed by atoms with Crippen LogP contribution in [0.2, 0.25) is 0 Å². The van der Waals surface area contributed by atoms with Gasteiger partial charge in [-0.2, -0.15) is 0 Å². The lowest BCUT2D eigenvalue weighted by atomic mass is 9.93. The van der Waals surface area contributed by atoms with Crippen molar-refractivity contribution in [3.8, 4) is 0 Å². The van der Waals surface area contributed by atoms with Gasteiger partial charge in [0, 0.05) is 29.3 Å². The van der Waals surface area contributed by atoms with E-state index in [4.69, 9.17) is 0 Å². The first-order chi connectivity index (χ1) is 9.11. The van der Waals surface area contributed by atoms with Crippen LogP contribution >= 0.6 is 15.9 Å². The van der Waals surface area contributed by atoms with Crippen molar-refractivity contribution < 1.29 is 0 Å². The maximum absolute atomic E-state index is 3.62. The molecule has 0 aromatic heterocycles. The molecule has 0 bridgehead atoms. The molecule has 0 aliphatic carbocycles. The van der Waals surface area contributed by atoms with Crippen molar-refractivity contribution in [1.82, 2.24) is 5.32 Å². The second-order valence-corrected chi connectivity index (χ2v) is 6.65. The first-order valence-electron chi connectivity index (χ1n) is 7.37. The molecule has 2 unspecified atom stereocenters. The standard InChI is InChI=1S/C16H25BrN2/c1-4-18-10-14-7-8-15(17)9-16(14)19-11-12(2)5-6-13(19)3/h7-9,12-13,18H,4-6,10-11H2,1-3H3. The minimum absolute atomic E-state index is 0.644. The fourth-order valence-electron chi connectivity index (χ4n) is 2.84. The zero-order chi connectivity index (χ0) is 13.8. The summed E-state index contributed by atoms with van der Waals surface area (Å²) in [6, 6.07) is 7.31. The van der Waals surface area contributed by atoms with E-state index >= 15 is 0 Å². The first kappa shape index (κ1) is 14.9. The monoisotopic (exact) mass is 324 g/mol. The molecule has 3 heteroatoms. The predicted octanol–water partition coefficient (Wildman–Crippen LogP) is 4.18. The third-order valence-corrected chi connectivity index (χ3v) is 4.53. The van der Waals surface area contributed by atoms with Crippen molar-refractivity contribution in [3.63, 3.8) is 0 Å². The molecule has 2 rings (SSSR count). The molecule has 1 N–H and O–H groups in total. The van der Waals surface area contributed by atoms with Gasteiger partial charge in [0.05, 0.1) is 0 Å². The molecule has 1 aliphatic rings. The van der Waals surface area contributed by atoms with Crippen LogP contribution < -0.4 is 10.2 Å². The Hall–Kier alpha value is -0.540. The highest BCUT2D eigenvalue weighted by molar-refractivity contribution is 9.10. The van der Waals surface area contributed by atoms with Crippen molar-refractivity contribution in [2.45, 2.75) is 46.2 Å². The van der Waals surface area contributed by atoms with Gasteiger partial charge in [-0.25, -0.2) is 0 Å². The number of benzene rings is 1. The summed E-state index contributed by atoms with van der Waals surface area (Å²) in [5.41, 5.74) is 2.81. The van der Waals surface area contributed by atoms with Gasteiger partial charge in [-0.05, 0) is 49.9 Å². The van der Waals surface area contributed by atoms with E-state index in [0.717, 1.165) is 19.0 Å². The van der Waals surface area contributed by atoms with Gasteiger partial charge in [-0.1, -0.05) is 35.8 Å². The number of nitrogens with one attached hydrogen (secondary N) is 1. The highest BCUT2D eigenvalue weighted by Gasteiger charge is 2.24. The Labute approximate surface area is 125 Å². The fraction of sp³-hybridized carbons (Fsp3) is 0.625. The third kappa shape index (κ3) is 3.73. The SMILES string of the molecule is CCNCc1ccc(Br)cc1N1CC(C)CCC1C. The van der Waals surface area contributed by atoms with Crippen LogP contribution in [0.25, 0.3) is 0 Å². The maximum Gasteiger partial charge on any atom is 0.0425 e. The van der Waals surface area contributed by atoms with Gasteiger partial charge in [-0.3, -0.25) is 0 Å². The summed E-state index contributed by atoms with van der Waals surface area (Å²) < 4.78 is 1.17. The average molecular weight is 325 g/mol. The third-order valence-electron chi connectivity index (χ3n) is 4.04. The Morgan fingerprint density at radius 1 is 1.32 bits per heavy atom. The second kappa shape index (κ2) is 6.76. The summed E-state index contributed by atoms with van der Waals surface area (Å²) in [6.45, 7) is 10.0. The highest BCUT2D eigenvalue weighted by Crippen LogP contribution is 2.32. The summed E-state index contributed by atoms with van der Waals surface area (Å²) in [5, 5.41) is 3.45. The molecule has 1 aromatic rings. The van der Waals surface area contributed by atoms with E-state index in [0.29, 0.717) is 6.04 Å². The summed E-state index contributed by atoms with van der Waals surface area (Å²) >= 11 is 3.62. The van der Waals surface area contributed by atoms with Crippen molar-refractivity contribution in [1.29, 1.82) is 0 Å². The molecule has 0 spiro atoms. The molecule has 19 heavy (non-hydrogen) atoms. The van der Waals surface area contributed by atoms with Crippen LogP contribution in [0.4, 0.5) is 5.69 Å². The Bertz CT molecular complexity index is 419. The van der Waals surface area contributed by atoms with Crippen molar-refractivity contribution in [2.75, 3.05) is 18.0 Å². The van der Waals surface area contributed by atoms with Crippen LogP contribution in [-0.2, 0) is 6.54 Å². The molecule has 0 saturated carbocycles. The maximum atomic E-state index is 3.62. The Morgan fingerprint density at radius 2 is 2.11 bits per heavy atom. The Balaban J connectivity index is 2.27. The summed E-state index contributed by atoms with van der Waals surface area (Å²) in [6.07, 6.45) is 2.66. The van der Waals surface area contributed by atoms with Crippen LogP contribution in [0.3, 0.4) is 0 Å². The van der Waals surface area contributed by atoms with Crippen molar-refractivity contribution in [3.05, 3.63) is 28.2 Å². The minimum atomic E-state index is 0.644. The zero-order valence-corrected chi connectivity index (χ0v) is 13.8. The molecule has 0 radical (unpaired) electrons. The van der Waals surface area contributed by atoms with Crippen LogP contribution in [0.15, 0.2) is 22.7 Å². The lowest BCUT2D eigenvalue weighted by molar-refractivity contribution is 0.389. The molecule has 1 saturated heterocycles. The first-order valence-corrected chi connectivity index (χ1v) is 8.17. The van der Waals surface area contributed by atoms with Gasteiger partial charge in [0.2, 0.25) is 0 Å². The molecule has 2 atom stereocenters. The lowest BCUT2D eigenvalue weighted by Gasteiger charge is -2.39. The molecular weight excluding hydrogens is 300 g/mol. The Kier molecular flexibility index (Phi) is 5.28. The van der Waals surface area contributed by atoms with E-state index in [1.165, 1.54) is 35.1 Å². The van der Waals surface area contributed by atoms with Crippen LogP contribution in [0.1, 0.15) is 39.2 Å². The van der Waals surface area contributed by atoms with E-state index in [1.54, 1.807) is 0 Å². The molecular formula is C16H25BrN2. The number of hydrogen-bond donors (Lipinski definition) is 1. The van der Waals surface area contributed by atoms with Crippen LogP contribution in [0.5, 0.6) is 0 Å². The largest absolute Gasteiger partial charge is 0.368 e. The number of nitrogens with zero attached hydrogens (tertiary/aromatic N) is 1. The van der Waals surface area contributed by atoms with Crippen molar-refractivity contribution >= 4 is 21.6 Å². The highest BCUT2D eigenvalue weighted by atomic mass is 79.9. The number of halogens is 1. The summed E-state index contributed by atoms with van der Waals surface area (Å²) in [5.74, 6) is 0.794. The molecule has 1 fully saturated rings. The van der Waals surface area contributed by atoms with Gasteiger partial charge in [0.1, 0.15) is 0 Å². The second-order valence-electron chi connectivity index (χ2n) is 5.74. The number of anilines is 1. The number of hydrogen-bond acceptors (Lipinski definition) is 2. The number of piperidine rings is 1. The van der Waals surface area contributed by atoms with Gasteiger partial charge < -0.3 is 10.2 Å². The molecule has 1 aliphatic heterocycles. The quantitative estimate of drug-likeness (QED) is 0.893. The smallest absolute Gasteiger partial charge is 0.0425 e. The summed E-state index contributed by atoms with van der Waals surface area (Å²) in [7, 11) is 0.